The summed E-state index contributed by atoms with van der Waals surface area (Å²) in [4.78, 5) is 13.8. The van der Waals surface area contributed by atoms with Gasteiger partial charge >= 0.3 is 191 Å². The Hall–Kier alpha value is -3.22. The molecule has 0 aliphatic carbocycles. The van der Waals surface area contributed by atoms with Crippen molar-refractivity contribution in [1.82, 2.24) is 0 Å². The predicted octanol–water partition coefficient (Wildman–Crippen LogP) is 6.09. The van der Waals surface area contributed by atoms with E-state index >= 15 is 0 Å². The zero-order chi connectivity index (χ0) is 22.3. The van der Waals surface area contributed by atoms with Gasteiger partial charge in [-0.15, -0.1) is 0 Å². The Bertz CT molecular complexity index is 1040. The first-order chi connectivity index (χ1) is 15.7. The molecule has 0 N–H and O–H groups in total. The van der Waals surface area contributed by atoms with Crippen LogP contribution in [0.4, 0.5) is 0 Å². The van der Waals surface area contributed by atoms with Crippen molar-refractivity contribution >= 4 is 28.7 Å². The first-order valence-electron chi connectivity index (χ1n) is 11.2. The third-order valence-electron chi connectivity index (χ3n) is 6.14. The molecule has 0 heterocycles. The van der Waals surface area contributed by atoms with E-state index in [1.54, 1.807) is 0 Å². The van der Waals surface area contributed by atoms with E-state index in [-0.39, 0.29) is 5.97 Å². The van der Waals surface area contributed by atoms with Crippen molar-refractivity contribution in [3.8, 4) is 0 Å². The number of rotatable bonds is 8. The van der Waals surface area contributed by atoms with Crippen LogP contribution >= 0.6 is 6.83 Å². The average Bonchev–Trinajstić information content (AvgIpc) is 2.89. The van der Waals surface area contributed by atoms with Gasteiger partial charge in [-0.1, -0.05) is 0 Å². The van der Waals surface area contributed by atoms with Crippen molar-refractivity contribution in [2.75, 3.05) is 6.16 Å². The maximum atomic E-state index is 13.8. The van der Waals surface area contributed by atoms with Crippen LogP contribution in [0.15, 0.2) is 121 Å². The van der Waals surface area contributed by atoms with E-state index < -0.39 is 6.83 Å². The summed E-state index contributed by atoms with van der Waals surface area (Å²) >= 11 is 0. The second-order valence-corrected chi connectivity index (χ2v) is 12.6. The van der Waals surface area contributed by atoms with Gasteiger partial charge in [-0.2, -0.15) is 0 Å². The SMILES string of the molecule is CCCCP(OC(=O)c1ccccc1)(c1ccccc1)(c1ccccc1)c1ccccc1. The van der Waals surface area contributed by atoms with Gasteiger partial charge in [0.05, 0.1) is 0 Å². The second-order valence-electron chi connectivity index (χ2n) is 8.04. The fourth-order valence-corrected chi connectivity index (χ4v) is 10.4. The number of unbranched alkanes of at least 4 members (excludes halogenated alkanes) is 1. The summed E-state index contributed by atoms with van der Waals surface area (Å²) in [6.07, 6.45) is 2.71. The van der Waals surface area contributed by atoms with Crippen molar-refractivity contribution in [3.63, 3.8) is 0 Å². The summed E-state index contributed by atoms with van der Waals surface area (Å²) in [5.74, 6) is -0.282. The minimum absolute atomic E-state index is 0.282. The molecule has 4 aromatic rings. The van der Waals surface area contributed by atoms with E-state index in [4.69, 9.17) is 4.52 Å². The van der Waals surface area contributed by atoms with E-state index in [1.165, 1.54) is 0 Å². The predicted molar refractivity (Wildman–Crippen MR) is 137 cm³/mol. The van der Waals surface area contributed by atoms with Gasteiger partial charge in [-0.25, -0.2) is 0 Å². The van der Waals surface area contributed by atoms with Gasteiger partial charge in [0, 0.05) is 0 Å². The summed E-state index contributed by atoms with van der Waals surface area (Å²) in [6, 6.07) is 40.4. The number of carbonyl (C=O) groups is 1. The molecule has 0 spiro atoms. The molecule has 0 saturated carbocycles. The Kier molecular flexibility index (Phi) is 6.53. The summed E-state index contributed by atoms with van der Waals surface area (Å²) in [5, 5.41) is 3.23. The van der Waals surface area contributed by atoms with Gasteiger partial charge in [-0.3, -0.25) is 0 Å². The van der Waals surface area contributed by atoms with Crippen LogP contribution in [0.1, 0.15) is 30.1 Å². The molecule has 4 aromatic carbocycles. The summed E-state index contributed by atoms with van der Waals surface area (Å²) in [7, 11) is 0. The zero-order valence-corrected chi connectivity index (χ0v) is 19.3. The number of carbonyl (C=O) groups excluding carboxylic acids is 1. The quantitative estimate of drug-likeness (QED) is 0.310. The van der Waals surface area contributed by atoms with Gasteiger partial charge < -0.3 is 0 Å². The van der Waals surface area contributed by atoms with Crippen LogP contribution in [0.3, 0.4) is 0 Å². The van der Waals surface area contributed by atoms with E-state index in [0.29, 0.717) is 5.56 Å². The average molecular weight is 441 g/mol. The molecule has 0 atom stereocenters. The molecule has 0 aromatic heterocycles. The molecule has 32 heavy (non-hydrogen) atoms. The second kappa shape index (κ2) is 9.51. The Morgan fingerprint density at radius 3 is 1.38 bits per heavy atom. The molecule has 4 rings (SSSR count). The Labute approximate surface area is 190 Å². The van der Waals surface area contributed by atoms with Crippen molar-refractivity contribution in [3.05, 3.63) is 127 Å². The Morgan fingerprint density at radius 1 is 0.625 bits per heavy atom. The van der Waals surface area contributed by atoms with Crippen LogP contribution in [0.25, 0.3) is 0 Å². The van der Waals surface area contributed by atoms with Crippen molar-refractivity contribution in [1.29, 1.82) is 0 Å². The normalized spacial score (nSPS) is 12.5. The van der Waals surface area contributed by atoms with E-state index in [9.17, 15) is 4.79 Å². The summed E-state index contributed by atoms with van der Waals surface area (Å²) in [6.45, 7) is -1.43. The fourth-order valence-electron chi connectivity index (χ4n) is 4.54. The van der Waals surface area contributed by atoms with Crippen molar-refractivity contribution < 1.29 is 9.32 Å². The first-order valence-corrected chi connectivity index (χ1v) is 13.5. The molecule has 162 valence electrons. The van der Waals surface area contributed by atoms with Crippen LogP contribution in [0, 0.1) is 0 Å². The Balaban J connectivity index is 2.10. The fraction of sp³-hybridized carbons (Fsp3) is 0.138. The number of hydrogen-bond donors (Lipinski definition) is 0. The molecule has 0 aliphatic heterocycles. The topological polar surface area (TPSA) is 26.3 Å². The summed E-state index contributed by atoms with van der Waals surface area (Å²) < 4.78 is 6.96. The molecule has 2 nitrogen and oxygen atoms in total. The van der Waals surface area contributed by atoms with E-state index in [1.807, 2.05) is 84.9 Å². The molecule has 0 fully saturated rings. The van der Waals surface area contributed by atoms with Gasteiger partial charge in [0.15, 0.2) is 0 Å². The molecule has 0 bridgehead atoms. The maximum absolute atomic E-state index is 13.8. The van der Waals surface area contributed by atoms with Crippen molar-refractivity contribution in [2.24, 2.45) is 0 Å². The van der Waals surface area contributed by atoms with Gasteiger partial charge in [0.1, 0.15) is 0 Å². The van der Waals surface area contributed by atoms with E-state index in [0.717, 1.165) is 34.9 Å². The molecular formula is C29H29O2P. The monoisotopic (exact) mass is 440 g/mol. The van der Waals surface area contributed by atoms with Gasteiger partial charge in [0.2, 0.25) is 0 Å². The van der Waals surface area contributed by atoms with Crippen LogP contribution in [0.2, 0.25) is 0 Å². The van der Waals surface area contributed by atoms with E-state index in [2.05, 4.69) is 43.3 Å². The zero-order valence-electron chi connectivity index (χ0n) is 18.4. The van der Waals surface area contributed by atoms with Gasteiger partial charge in [-0.05, 0) is 0 Å². The first kappa shape index (κ1) is 22.0. The third-order valence-corrected chi connectivity index (χ3v) is 12.0. The number of hydrogen-bond acceptors (Lipinski definition) is 2. The molecule has 0 radical (unpaired) electrons. The Morgan fingerprint density at radius 2 is 1.00 bits per heavy atom. The van der Waals surface area contributed by atoms with Crippen molar-refractivity contribution in [2.45, 2.75) is 19.8 Å². The molecule has 0 aliphatic rings. The molecule has 3 heteroatoms. The van der Waals surface area contributed by atoms with Crippen LogP contribution in [-0.2, 0) is 4.52 Å². The molecule has 0 saturated heterocycles. The number of benzene rings is 4. The van der Waals surface area contributed by atoms with Crippen LogP contribution in [0.5, 0.6) is 0 Å². The third kappa shape index (κ3) is 3.76. The standard InChI is InChI=1S/C29H29O2P/c1-2-3-24-32(26-18-10-5-11-19-26,27-20-12-6-13-21-27,28-22-14-7-15-23-28)31-29(30)25-16-8-4-9-17-25/h4-23H,2-3,24H2,1H3. The van der Waals surface area contributed by atoms with Crippen LogP contribution < -0.4 is 15.9 Å². The molecule has 0 unspecified atom stereocenters. The van der Waals surface area contributed by atoms with Gasteiger partial charge in [0.25, 0.3) is 0 Å². The molecule has 0 amide bonds. The minimum atomic E-state index is -3.61. The molecular weight excluding hydrogens is 411 g/mol. The van der Waals surface area contributed by atoms with Crippen LogP contribution in [-0.4, -0.2) is 12.1 Å². The summed E-state index contributed by atoms with van der Waals surface area (Å²) in [5.41, 5.74) is 0.570.